The van der Waals surface area contributed by atoms with Gasteiger partial charge in [-0.05, 0) is 39.5 Å². The van der Waals surface area contributed by atoms with Gasteiger partial charge in [-0.2, -0.15) is 0 Å². The van der Waals surface area contributed by atoms with E-state index < -0.39 is 0 Å². The number of nitrogens with zero attached hydrogens (tertiary/aromatic N) is 2. The molecule has 16 heavy (non-hydrogen) atoms. The van der Waals surface area contributed by atoms with Gasteiger partial charge in [-0.1, -0.05) is 12.8 Å². The standard InChI is InChI=1S/C13H23N3/c1-10(2)16-9-11(3)15-13(16)14-8-12-6-4-5-7-12/h9-10,12H,4-8H2,1-3H3,(H,14,15). The van der Waals surface area contributed by atoms with Gasteiger partial charge in [0.1, 0.15) is 0 Å². The molecule has 1 saturated carbocycles. The van der Waals surface area contributed by atoms with Crippen molar-refractivity contribution in [3.05, 3.63) is 11.9 Å². The third-order valence-electron chi connectivity index (χ3n) is 3.43. The van der Waals surface area contributed by atoms with Gasteiger partial charge < -0.3 is 9.88 Å². The Kier molecular flexibility index (Phi) is 3.52. The van der Waals surface area contributed by atoms with Crippen molar-refractivity contribution >= 4 is 5.95 Å². The van der Waals surface area contributed by atoms with E-state index in [-0.39, 0.29) is 0 Å². The van der Waals surface area contributed by atoms with Gasteiger partial charge in [-0.3, -0.25) is 0 Å². The van der Waals surface area contributed by atoms with Crippen molar-refractivity contribution in [1.82, 2.24) is 9.55 Å². The van der Waals surface area contributed by atoms with E-state index in [4.69, 9.17) is 0 Å². The van der Waals surface area contributed by atoms with Crippen molar-refractivity contribution in [3.63, 3.8) is 0 Å². The summed E-state index contributed by atoms with van der Waals surface area (Å²) >= 11 is 0. The van der Waals surface area contributed by atoms with Crippen molar-refractivity contribution in [2.75, 3.05) is 11.9 Å². The zero-order chi connectivity index (χ0) is 11.5. The highest BCUT2D eigenvalue weighted by molar-refractivity contribution is 5.29. The maximum atomic E-state index is 4.54. The lowest BCUT2D eigenvalue weighted by Gasteiger charge is -2.15. The van der Waals surface area contributed by atoms with E-state index in [1.54, 1.807) is 0 Å². The highest BCUT2D eigenvalue weighted by Crippen LogP contribution is 2.25. The topological polar surface area (TPSA) is 29.9 Å². The molecule has 0 atom stereocenters. The molecule has 3 nitrogen and oxygen atoms in total. The molecule has 1 fully saturated rings. The Morgan fingerprint density at radius 3 is 2.75 bits per heavy atom. The van der Waals surface area contributed by atoms with Crippen LogP contribution in [-0.4, -0.2) is 16.1 Å². The fourth-order valence-corrected chi connectivity index (χ4v) is 2.49. The van der Waals surface area contributed by atoms with Gasteiger partial charge in [-0.15, -0.1) is 0 Å². The number of aryl methyl sites for hydroxylation is 1. The summed E-state index contributed by atoms with van der Waals surface area (Å²) in [6.07, 6.45) is 7.71. The molecule has 0 aromatic carbocycles. The highest BCUT2D eigenvalue weighted by atomic mass is 15.2. The summed E-state index contributed by atoms with van der Waals surface area (Å²) < 4.78 is 2.23. The van der Waals surface area contributed by atoms with Crippen LogP contribution in [0.15, 0.2) is 6.20 Å². The first-order valence-corrected chi connectivity index (χ1v) is 6.46. The van der Waals surface area contributed by atoms with E-state index in [0.29, 0.717) is 6.04 Å². The van der Waals surface area contributed by atoms with Crippen LogP contribution in [0.2, 0.25) is 0 Å². The summed E-state index contributed by atoms with van der Waals surface area (Å²) in [5, 5.41) is 3.51. The average Bonchev–Trinajstić information content (AvgIpc) is 2.83. The zero-order valence-corrected chi connectivity index (χ0v) is 10.7. The van der Waals surface area contributed by atoms with E-state index in [1.165, 1.54) is 25.7 Å². The lowest BCUT2D eigenvalue weighted by atomic mass is 10.1. The van der Waals surface area contributed by atoms with E-state index in [0.717, 1.165) is 24.1 Å². The second kappa shape index (κ2) is 4.89. The largest absolute Gasteiger partial charge is 0.355 e. The van der Waals surface area contributed by atoms with Gasteiger partial charge in [0.2, 0.25) is 5.95 Å². The quantitative estimate of drug-likeness (QED) is 0.844. The molecule has 0 bridgehead atoms. The van der Waals surface area contributed by atoms with E-state index in [2.05, 4.69) is 41.8 Å². The van der Waals surface area contributed by atoms with Crippen molar-refractivity contribution in [2.24, 2.45) is 5.92 Å². The van der Waals surface area contributed by atoms with Crippen LogP contribution in [0.4, 0.5) is 5.95 Å². The molecule has 0 saturated heterocycles. The molecule has 1 aliphatic carbocycles. The Balaban J connectivity index is 1.97. The maximum Gasteiger partial charge on any atom is 0.203 e. The van der Waals surface area contributed by atoms with Crippen molar-refractivity contribution < 1.29 is 0 Å². The maximum absolute atomic E-state index is 4.54. The molecule has 0 unspecified atom stereocenters. The lowest BCUT2D eigenvalue weighted by molar-refractivity contribution is 0.563. The Morgan fingerprint density at radius 1 is 1.44 bits per heavy atom. The SMILES string of the molecule is Cc1cn(C(C)C)c(NCC2CCCC2)n1. The first-order chi connectivity index (χ1) is 7.66. The van der Waals surface area contributed by atoms with Crippen LogP contribution in [0.5, 0.6) is 0 Å². The fraction of sp³-hybridized carbons (Fsp3) is 0.769. The number of anilines is 1. The van der Waals surface area contributed by atoms with Crippen molar-refractivity contribution in [3.8, 4) is 0 Å². The average molecular weight is 221 g/mol. The van der Waals surface area contributed by atoms with E-state index >= 15 is 0 Å². The number of rotatable bonds is 4. The Bertz CT molecular complexity index is 335. The van der Waals surface area contributed by atoms with Gasteiger partial charge in [0.05, 0.1) is 5.69 Å². The third-order valence-corrected chi connectivity index (χ3v) is 3.43. The predicted molar refractivity (Wildman–Crippen MR) is 67.8 cm³/mol. The number of imidazole rings is 1. The minimum absolute atomic E-state index is 0.479. The fourth-order valence-electron chi connectivity index (χ4n) is 2.49. The van der Waals surface area contributed by atoms with E-state index in [9.17, 15) is 0 Å². The van der Waals surface area contributed by atoms with Crippen LogP contribution >= 0.6 is 0 Å². The van der Waals surface area contributed by atoms with Gasteiger partial charge in [0, 0.05) is 18.8 Å². The number of hydrogen-bond donors (Lipinski definition) is 1. The van der Waals surface area contributed by atoms with Crippen molar-refractivity contribution in [2.45, 2.75) is 52.5 Å². The first-order valence-electron chi connectivity index (χ1n) is 6.46. The van der Waals surface area contributed by atoms with Gasteiger partial charge in [-0.25, -0.2) is 4.98 Å². The van der Waals surface area contributed by atoms with Crippen LogP contribution in [0, 0.1) is 12.8 Å². The van der Waals surface area contributed by atoms with Crippen LogP contribution in [0.1, 0.15) is 51.3 Å². The molecule has 90 valence electrons. The summed E-state index contributed by atoms with van der Waals surface area (Å²) in [5.74, 6) is 1.90. The predicted octanol–water partition coefficient (Wildman–Crippen LogP) is 3.37. The Labute approximate surface area is 98.3 Å². The molecular weight excluding hydrogens is 198 g/mol. The third kappa shape index (κ3) is 2.57. The van der Waals surface area contributed by atoms with E-state index in [1.807, 2.05) is 0 Å². The number of nitrogens with one attached hydrogen (secondary N) is 1. The monoisotopic (exact) mass is 221 g/mol. The smallest absolute Gasteiger partial charge is 0.203 e. The summed E-state index contributed by atoms with van der Waals surface area (Å²) in [4.78, 5) is 4.54. The highest BCUT2D eigenvalue weighted by Gasteiger charge is 2.16. The van der Waals surface area contributed by atoms with Crippen LogP contribution in [0.3, 0.4) is 0 Å². The van der Waals surface area contributed by atoms with Crippen LogP contribution in [0.25, 0.3) is 0 Å². The lowest BCUT2D eigenvalue weighted by Crippen LogP contribution is -2.15. The zero-order valence-electron chi connectivity index (χ0n) is 10.7. The second-order valence-electron chi connectivity index (χ2n) is 5.24. The molecular formula is C13H23N3. The molecule has 1 N–H and O–H groups in total. The molecule has 1 heterocycles. The Hall–Kier alpha value is -0.990. The molecule has 0 aliphatic heterocycles. The summed E-state index contributed by atoms with van der Waals surface area (Å²) in [6, 6.07) is 0.479. The minimum Gasteiger partial charge on any atom is -0.355 e. The second-order valence-corrected chi connectivity index (χ2v) is 5.24. The molecule has 2 rings (SSSR count). The summed E-state index contributed by atoms with van der Waals surface area (Å²) in [6.45, 7) is 7.53. The number of aromatic nitrogens is 2. The van der Waals surface area contributed by atoms with Crippen LogP contribution < -0.4 is 5.32 Å². The minimum atomic E-state index is 0.479. The molecule has 1 aromatic rings. The number of hydrogen-bond acceptors (Lipinski definition) is 2. The Morgan fingerprint density at radius 2 is 2.12 bits per heavy atom. The first kappa shape index (κ1) is 11.5. The molecule has 0 spiro atoms. The van der Waals surface area contributed by atoms with Gasteiger partial charge >= 0.3 is 0 Å². The van der Waals surface area contributed by atoms with Crippen LogP contribution in [-0.2, 0) is 0 Å². The van der Waals surface area contributed by atoms with Crippen molar-refractivity contribution in [1.29, 1.82) is 0 Å². The van der Waals surface area contributed by atoms with Gasteiger partial charge in [0.15, 0.2) is 0 Å². The normalized spacial score (nSPS) is 17.2. The van der Waals surface area contributed by atoms with Gasteiger partial charge in [0.25, 0.3) is 0 Å². The molecule has 1 aliphatic rings. The molecule has 0 radical (unpaired) electrons. The molecule has 1 aromatic heterocycles. The molecule has 0 amide bonds. The summed E-state index contributed by atoms with van der Waals surface area (Å²) in [7, 11) is 0. The molecule has 3 heteroatoms. The summed E-state index contributed by atoms with van der Waals surface area (Å²) in [5.41, 5.74) is 1.10.